The van der Waals surface area contributed by atoms with Crippen LogP contribution in [-0.2, 0) is 4.79 Å². The van der Waals surface area contributed by atoms with Crippen molar-refractivity contribution in [3.05, 3.63) is 78.4 Å². The molecule has 1 atom stereocenters. The van der Waals surface area contributed by atoms with E-state index in [1.807, 2.05) is 36.4 Å². The van der Waals surface area contributed by atoms with E-state index in [2.05, 4.69) is 37.7 Å². The summed E-state index contributed by atoms with van der Waals surface area (Å²) in [6, 6.07) is 15.8. The SMILES string of the molecule is C=C(C=O)C1=C[C@H](C#C[Si](C)(C)C)N(C(=O)Oc2ccccc2)c2ccccc21. The van der Waals surface area contributed by atoms with Crippen LogP contribution in [0.4, 0.5) is 10.5 Å². The number of nitrogens with zero attached hydrogens (tertiary/aromatic N) is 1. The van der Waals surface area contributed by atoms with Crippen LogP contribution in [0, 0.1) is 11.5 Å². The number of aldehydes is 1. The molecule has 0 unspecified atom stereocenters. The van der Waals surface area contributed by atoms with E-state index in [0.717, 1.165) is 11.8 Å². The summed E-state index contributed by atoms with van der Waals surface area (Å²) in [6.45, 7) is 10.3. The predicted molar refractivity (Wildman–Crippen MR) is 119 cm³/mol. The van der Waals surface area contributed by atoms with Gasteiger partial charge in [0.1, 0.15) is 26.2 Å². The van der Waals surface area contributed by atoms with Crippen LogP contribution in [0.15, 0.2) is 72.8 Å². The number of amides is 1. The molecule has 2 aromatic rings. The Morgan fingerprint density at radius 2 is 1.76 bits per heavy atom. The van der Waals surface area contributed by atoms with E-state index in [9.17, 15) is 9.59 Å². The zero-order valence-electron chi connectivity index (χ0n) is 16.8. The molecule has 0 spiro atoms. The molecule has 1 aliphatic rings. The molecule has 0 saturated heterocycles. The van der Waals surface area contributed by atoms with E-state index in [1.54, 1.807) is 24.3 Å². The zero-order chi connectivity index (χ0) is 21.0. The minimum Gasteiger partial charge on any atom is -0.410 e. The first kappa shape index (κ1) is 20.4. The van der Waals surface area contributed by atoms with E-state index in [1.165, 1.54) is 4.90 Å². The third-order valence-corrected chi connectivity index (χ3v) is 5.18. The summed E-state index contributed by atoms with van der Waals surface area (Å²) in [5, 5.41) is 0. The highest BCUT2D eigenvalue weighted by atomic mass is 28.3. The van der Waals surface area contributed by atoms with Gasteiger partial charge in [0, 0.05) is 11.1 Å². The molecule has 3 rings (SSSR count). The quantitative estimate of drug-likeness (QED) is 0.311. The summed E-state index contributed by atoms with van der Waals surface area (Å²) < 4.78 is 5.60. The Morgan fingerprint density at radius 3 is 2.41 bits per heavy atom. The van der Waals surface area contributed by atoms with Crippen LogP contribution in [0.5, 0.6) is 5.75 Å². The lowest BCUT2D eigenvalue weighted by Crippen LogP contribution is -2.43. The van der Waals surface area contributed by atoms with Gasteiger partial charge in [0.15, 0.2) is 0 Å². The topological polar surface area (TPSA) is 46.6 Å². The summed E-state index contributed by atoms with van der Waals surface area (Å²) in [5.41, 5.74) is 5.76. The van der Waals surface area contributed by atoms with Gasteiger partial charge in [-0.1, -0.05) is 68.5 Å². The summed E-state index contributed by atoms with van der Waals surface area (Å²) in [4.78, 5) is 26.1. The Balaban J connectivity index is 2.10. The van der Waals surface area contributed by atoms with Gasteiger partial charge in [0.25, 0.3) is 0 Å². The Hall–Kier alpha value is -3.36. The van der Waals surface area contributed by atoms with Gasteiger partial charge in [-0.2, -0.15) is 0 Å². The minimum absolute atomic E-state index is 0.355. The number of benzene rings is 2. The second-order valence-electron chi connectivity index (χ2n) is 7.76. The van der Waals surface area contributed by atoms with Crippen molar-refractivity contribution in [2.45, 2.75) is 25.7 Å². The second-order valence-corrected chi connectivity index (χ2v) is 12.5. The molecular weight excluding hydrogens is 378 g/mol. The van der Waals surface area contributed by atoms with Crippen LogP contribution < -0.4 is 9.64 Å². The lowest BCUT2D eigenvalue weighted by atomic mass is 9.91. The van der Waals surface area contributed by atoms with Gasteiger partial charge in [-0.3, -0.25) is 9.69 Å². The molecule has 0 radical (unpaired) electrons. The van der Waals surface area contributed by atoms with Crippen LogP contribution in [-0.4, -0.2) is 26.5 Å². The number of hydrogen-bond acceptors (Lipinski definition) is 3. The number of fused-ring (bicyclic) bond motifs is 1. The fraction of sp³-hybridized carbons (Fsp3) is 0.167. The lowest BCUT2D eigenvalue weighted by molar-refractivity contribution is -0.104. The normalized spacial score (nSPS) is 15.3. The van der Waals surface area contributed by atoms with Crippen LogP contribution in [0.25, 0.3) is 5.57 Å². The fourth-order valence-electron chi connectivity index (χ4n) is 2.97. The van der Waals surface area contributed by atoms with Gasteiger partial charge in [-0.25, -0.2) is 4.79 Å². The molecule has 0 bridgehead atoms. The first-order chi connectivity index (χ1) is 13.8. The van der Waals surface area contributed by atoms with Crippen LogP contribution in [0.3, 0.4) is 0 Å². The lowest BCUT2D eigenvalue weighted by Gasteiger charge is -2.33. The first-order valence-corrected chi connectivity index (χ1v) is 12.8. The summed E-state index contributed by atoms with van der Waals surface area (Å²) in [5.74, 6) is 3.69. The maximum atomic E-state index is 13.1. The number of hydrogen-bond donors (Lipinski definition) is 0. The van der Waals surface area contributed by atoms with Gasteiger partial charge in [0.05, 0.1) is 5.69 Å². The molecule has 1 heterocycles. The monoisotopic (exact) mass is 401 g/mol. The van der Waals surface area contributed by atoms with Crippen molar-refractivity contribution < 1.29 is 14.3 Å². The van der Waals surface area contributed by atoms with Crippen molar-refractivity contribution >= 4 is 31.7 Å². The van der Waals surface area contributed by atoms with Crippen LogP contribution in [0.2, 0.25) is 19.6 Å². The molecule has 29 heavy (non-hydrogen) atoms. The Kier molecular flexibility index (Phi) is 5.86. The van der Waals surface area contributed by atoms with Crippen molar-refractivity contribution in [1.82, 2.24) is 0 Å². The number of carbonyl (C=O) groups is 2. The van der Waals surface area contributed by atoms with Crippen molar-refractivity contribution in [1.29, 1.82) is 0 Å². The molecule has 2 aromatic carbocycles. The molecule has 0 N–H and O–H groups in total. The molecule has 4 nitrogen and oxygen atoms in total. The molecule has 5 heteroatoms. The van der Waals surface area contributed by atoms with E-state index in [0.29, 0.717) is 22.6 Å². The molecule has 0 fully saturated rings. The average molecular weight is 402 g/mol. The van der Waals surface area contributed by atoms with Gasteiger partial charge in [0.2, 0.25) is 0 Å². The van der Waals surface area contributed by atoms with Crippen molar-refractivity contribution in [2.24, 2.45) is 0 Å². The Labute approximate surface area is 172 Å². The van der Waals surface area contributed by atoms with Gasteiger partial charge >= 0.3 is 6.09 Å². The molecule has 146 valence electrons. The third-order valence-electron chi connectivity index (χ3n) is 4.28. The fourth-order valence-corrected chi connectivity index (χ4v) is 3.55. The molecule has 0 saturated carbocycles. The van der Waals surface area contributed by atoms with Gasteiger partial charge in [-0.05, 0) is 29.8 Å². The van der Waals surface area contributed by atoms with E-state index < -0.39 is 20.2 Å². The number of carbonyl (C=O) groups excluding carboxylic acids is 2. The number of rotatable bonds is 3. The number of allylic oxidation sites excluding steroid dienone is 2. The highest BCUT2D eigenvalue weighted by Gasteiger charge is 2.32. The predicted octanol–water partition coefficient (Wildman–Crippen LogP) is 5.09. The molecule has 1 amide bonds. The highest BCUT2D eigenvalue weighted by Crippen LogP contribution is 2.37. The van der Waals surface area contributed by atoms with Gasteiger partial charge < -0.3 is 4.74 Å². The maximum Gasteiger partial charge on any atom is 0.421 e. The highest BCUT2D eigenvalue weighted by molar-refractivity contribution is 6.83. The first-order valence-electron chi connectivity index (χ1n) is 9.34. The van der Waals surface area contributed by atoms with Crippen LogP contribution >= 0.6 is 0 Å². The number of ether oxygens (including phenoxy) is 1. The van der Waals surface area contributed by atoms with E-state index >= 15 is 0 Å². The minimum atomic E-state index is -1.69. The smallest absolute Gasteiger partial charge is 0.410 e. The standard InChI is InChI=1S/C24H23NO3Si/c1-18(17-26)22-16-19(14-15-29(2,3)4)25(23-13-9-8-12-21(22)23)24(27)28-20-10-6-5-7-11-20/h5-13,16-17,19H,1H2,2-4H3/t19-/m0/s1. The largest absolute Gasteiger partial charge is 0.421 e. The Morgan fingerprint density at radius 1 is 1.10 bits per heavy atom. The van der Waals surface area contributed by atoms with Crippen LogP contribution in [0.1, 0.15) is 5.56 Å². The summed E-state index contributed by atoms with van der Waals surface area (Å²) >= 11 is 0. The van der Waals surface area contributed by atoms with E-state index in [4.69, 9.17) is 4.74 Å². The second kappa shape index (κ2) is 8.34. The summed E-state index contributed by atoms with van der Waals surface area (Å²) in [6.07, 6.45) is 2.02. The zero-order valence-corrected chi connectivity index (χ0v) is 17.8. The molecular formula is C24H23NO3Si. The van der Waals surface area contributed by atoms with Crippen molar-refractivity contribution in [2.75, 3.05) is 4.90 Å². The number of anilines is 1. The third kappa shape index (κ3) is 4.73. The van der Waals surface area contributed by atoms with E-state index in [-0.39, 0.29) is 0 Å². The Bertz CT molecular complexity index is 1040. The number of para-hydroxylation sites is 2. The average Bonchev–Trinajstić information content (AvgIpc) is 2.70. The molecule has 0 aliphatic carbocycles. The van der Waals surface area contributed by atoms with Crippen molar-refractivity contribution in [3.8, 4) is 17.2 Å². The summed E-state index contributed by atoms with van der Waals surface area (Å²) in [7, 11) is -1.69. The molecule has 0 aromatic heterocycles. The maximum absolute atomic E-state index is 13.1. The van der Waals surface area contributed by atoms with Gasteiger partial charge in [-0.15, -0.1) is 5.54 Å². The van der Waals surface area contributed by atoms with Crippen molar-refractivity contribution in [3.63, 3.8) is 0 Å². The molecule has 1 aliphatic heterocycles.